The van der Waals surface area contributed by atoms with E-state index in [-0.39, 0.29) is 5.91 Å². The van der Waals surface area contributed by atoms with Gasteiger partial charge in [0.15, 0.2) is 5.96 Å². The molecular weight excluding hydrogens is 408 g/mol. The Labute approximate surface area is 189 Å². The number of nitrogens with one attached hydrogen (secondary N) is 2. The van der Waals surface area contributed by atoms with Crippen molar-refractivity contribution in [1.82, 2.24) is 10.6 Å². The Morgan fingerprint density at radius 3 is 2.25 bits per heavy atom. The van der Waals surface area contributed by atoms with E-state index in [0.717, 1.165) is 36.3 Å². The summed E-state index contributed by atoms with van der Waals surface area (Å²) in [6.07, 6.45) is 1.56. The first-order chi connectivity index (χ1) is 15.6. The SMILES string of the molecule is CCNC(=NCc1ccc(N2CCCC2=O)cc1)NCc1c(OC)cc(OC)cc1OC. The summed E-state index contributed by atoms with van der Waals surface area (Å²) in [5.74, 6) is 2.90. The molecule has 2 aromatic rings. The van der Waals surface area contributed by atoms with Gasteiger partial charge in [0.25, 0.3) is 0 Å². The van der Waals surface area contributed by atoms with Crippen LogP contribution in [0.1, 0.15) is 30.9 Å². The maximum absolute atomic E-state index is 11.9. The molecule has 0 unspecified atom stereocenters. The monoisotopic (exact) mass is 440 g/mol. The van der Waals surface area contributed by atoms with E-state index in [4.69, 9.17) is 19.2 Å². The number of hydrogen-bond donors (Lipinski definition) is 2. The number of rotatable bonds is 9. The second-order valence-electron chi connectivity index (χ2n) is 7.37. The van der Waals surface area contributed by atoms with Crippen LogP contribution in [0, 0.1) is 0 Å². The van der Waals surface area contributed by atoms with Crippen LogP contribution in [-0.4, -0.2) is 46.3 Å². The first kappa shape index (κ1) is 23.2. The fourth-order valence-electron chi connectivity index (χ4n) is 3.64. The standard InChI is InChI=1S/C24H32N4O4/c1-5-25-24(27-16-20-21(31-3)13-19(30-2)14-22(20)32-4)26-15-17-8-10-18(11-9-17)28-12-6-7-23(28)29/h8-11,13-14H,5-7,12,15-16H2,1-4H3,(H2,25,26,27). The Morgan fingerprint density at radius 1 is 1.03 bits per heavy atom. The highest BCUT2D eigenvalue weighted by atomic mass is 16.5. The molecule has 2 N–H and O–H groups in total. The number of carbonyl (C=O) groups excluding carboxylic acids is 1. The molecule has 32 heavy (non-hydrogen) atoms. The van der Waals surface area contributed by atoms with Gasteiger partial charge in [-0.1, -0.05) is 12.1 Å². The zero-order chi connectivity index (χ0) is 22.9. The van der Waals surface area contributed by atoms with Crippen molar-refractivity contribution in [3.63, 3.8) is 0 Å². The summed E-state index contributed by atoms with van der Waals surface area (Å²) in [7, 11) is 4.85. The van der Waals surface area contributed by atoms with E-state index >= 15 is 0 Å². The van der Waals surface area contributed by atoms with Gasteiger partial charge in [-0.25, -0.2) is 4.99 Å². The van der Waals surface area contributed by atoms with Crippen LogP contribution in [0.2, 0.25) is 0 Å². The predicted molar refractivity (Wildman–Crippen MR) is 126 cm³/mol. The number of ether oxygens (including phenoxy) is 3. The van der Waals surface area contributed by atoms with E-state index in [1.807, 2.05) is 48.2 Å². The van der Waals surface area contributed by atoms with Gasteiger partial charge in [-0.05, 0) is 31.0 Å². The van der Waals surface area contributed by atoms with Gasteiger partial charge >= 0.3 is 0 Å². The molecule has 1 aliphatic heterocycles. The van der Waals surface area contributed by atoms with Crippen LogP contribution in [0.15, 0.2) is 41.4 Å². The largest absolute Gasteiger partial charge is 0.496 e. The molecule has 8 nitrogen and oxygen atoms in total. The first-order valence-corrected chi connectivity index (χ1v) is 10.8. The van der Waals surface area contributed by atoms with E-state index < -0.39 is 0 Å². The third kappa shape index (κ3) is 5.63. The molecule has 1 saturated heterocycles. The smallest absolute Gasteiger partial charge is 0.227 e. The van der Waals surface area contributed by atoms with Gasteiger partial charge in [0.2, 0.25) is 5.91 Å². The summed E-state index contributed by atoms with van der Waals surface area (Å²) in [4.78, 5) is 18.5. The molecule has 0 aliphatic carbocycles. The third-order valence-corrected chi connectivity index (χ3v) is 5.34. The lowest BCUT2D eigenvalue weighted by Gasteiger charge is -2.17. The summed E-state index contributed by atoms with van der Waals surface area (Å²) in [6.45, 7) is 4.54. The quantitative estimate of drug-likeness (QED) is 0.461. The Hall–Kier alpha value is -3.42. The van der Waals surface area contributed by atoms with Gasteiger partial charge < -0.3 is 29.7 Å². The van der Waals surface area contributed by atoms with E-state index in [9.17, 15) is 4.79 Å². The normalized spacial score (nSPS) is 13.8. The second kappa shape index (κ2) is 11.3. The molecule has 0 saturated carbocycles. The Morgan fingerprint density at radius 2 is 1.72 bits per heavy atom. The number of amides is 1. The molecule has 8 heteroatoms. The molecule has 0 aromatic heterocycles. The van der Waals surface area contributed by atoms with Crippen molar-refractivity contribution < 1.29 is 19.0 Å². The minimum Gasteiger partial charge on any atom is -0.496 e. The average molecular weight is 441 g/mol. The minimum absolute atomic E-state index is 0.193. The van der Waals surface area contributed by atoms with E-state index in [0.29, 0.717) is 42.7 Å². The molecule has 172 valence electrons. The summed E-state index contributed by atoms with van der Waals surface area (Å²) in [5, 5.41) is 6.60. The van der Waals surface area contributed by atoms with Crippen LogP contribution in [0.25, 0.3) is 0 Å². The summed E-state index contributed by atoms with van der Waals surface area (Å²) < 4.78 is 16.4. The minimum atomic E-state index is 0.193. The molecule has 1 aliphatic rings. The number of anilines is 1. The Bertz CT molecular complexity index is 919. The van der Waals surface area contributed by atoms with Crippen molar-refractivity contribution in [1.29, 1.82) is 0 Å². The number of guanidine groups is 1. The molecule has 3 rings (SSSR count). The lowest BCUT2D eigenvalue weighted by atomic mass is 10.1. The second-order valence-corrected chi connectivity index (χ2v) is 7.37. The van der Waals surface area contributed by atoms with Crippen molar-refractivity contribution in [2.45, 2.75) is 32.9 Å². The zero-order valence-electron chi connectivity index (χ0n) is 19.2. The van der Waals surface area contributed by atoms with Crippen molar-refractivity contribution >= 4 is 17.6 Å². The highest BCUT2D eigenvalue weighted by Crippen LogP contribution is 2.33. The molecule has 0 atom stereocenters. The molecule has 2 aromatic carbocycles. The third-order valence-electron chi connectivity index (χ3n) is 5.34. The lowest BCUT2D eigenvalue weighted by molar-refractivity contribution is -0.117. The summed E-state index contributed by atoms with van der Waals surface area (Å²) in [6, 6.07) is 11.7. The number of hydrogen-bond acceptors (Lipinski definition) is 5. The molecule has 1 heterocycles. The van der Waals surface area contributed by atoms with Crippen LogP contribution >= 0.6 is 0 Å². The number of methoxy groups -OCH3 is 3. The predicted octanol–water partition coefficient (Wildman–Crippen LogP) is 3.09. The van der Waals surface area contributed by atoms with Crippen molar-refractivity contribution in [2.75, 3.05) is 39.3 Å². The Kier molecular flexibility index (Phi) is 8.19. The van der Waals surface area contributed by atoms with Crippen LogP contribution in [0.4, 0.5) is 5.69 Å². The molecule has 0 bridgehead atoms. The van der Waals surface area contributed by atoms with Crippen LogP contribution in [0.5, 0.6) is 17.2 Å². The van der Waals surface area contributed by atoms with Crippen LogP contribution < -0.4 is 29.7 Å². The van der Waals surface area contributed by atoms with E-state index in [1.54, 1.807) is 21.3 Å². The van der Waals surface area contributed by atoms with Gasteiger partial charge in [-0.2, -0.15) is 0 Å². The van der Waals surface area contributed by atoms with E-state index in [2.05, 4.69) is 10.6 Å². The van der Waals surface area contributed by atoms with Crippen LogP contribution in [-0.2, 0) is 17.9 Å². The van der Waals surface area contributed by atoms with Crippen molar-refractivity contribution in [3.8, 4) is 17.2 Å². The number of carbonyl (C=O) groups is 1. The molecule has 1 fully saturated rings. The van der Waals surface area contributed by atoms with E-state index in [1.165, 1.54) is 0 Å². The van der Waals surface area contributed by atoms with Crippen molar-refractivity contribution in [2.24, 2.45) is 4.99 Å². The fraction of sp³-hybridized carbons (Fsp3) is 0.417. The first-order valence-electron chi connectivity index (χ1n) is 10.8. The fourth-order valence-corrected chi connectivity index (χ4v) is 3.64. The summed E-state index contributed by atoms with van der Waals surface area (Å²) >= 11 is 0. The molecular formula is C24H32N4O4. The average Bonchev–Trinajstić information content (AvgIpc) is 3.26. The Balaban J connectivity index is 1.69. The number of aliphatic imine (C=N–C) groups is 1. The van der Waals surface area contributed by atoms with Gasteiger partial charge in [-0.15, -0.1) is 0 Å². The van der Waals surface area contributed by atoms with Gasteiger partial charge in [0, 0.05) is 37.3 Å². The zero-order valence-corrected chi connectivity index (χ0v) is 19.2. The van der Waals surface area contributed by atoms with Crippen molar-refractivity contribution in [3.05, 3.63) is 47.5 Å². The molecule has 1 amide bonds. The maximum atomic E-state index is 11.9. The molecule has 0 radical (unpaired) electrons. The summed E-state index contributed by atoms with van der Waals surface area (Å²) in [5.41, 5.74) is 2.89. The number of nitrogens with zero attached hydrogens (tertiary/aromatic N) is 2. The van der Waals surface area contributed by atoms with Gasteiger partial charge in [0.05, 0.1) is 40.0 Å². The van der Waals surface area contributed by atoms with Gasteiger partial charge in [0.1, 0.15) is 17.2 Å². The molecule has 0 spiro atoms. The maximum Gasteiger partial charge on any atom is 0.227 e. The van der Waals surface area contributed by atoms with Crippen LogP contribution in [0.3, 0.4) is 0 Å². The highest BCUT2D eigenvalue weighted by Gasteiger charge is 2.21. The lowest BCUT2D eigenvalue weighted by Crippen LogP contribution is -2.37. The van der Waals surface area contributed by atoms with Gasteiger partial charge in [-0.3, -0.25) is 4.79 Å². The topological polar surface area (TPSA) is 84.4 Å². The number of benzene rings is 2. The highest BCUT2D eigenvalue weighted by molar-refractivity contribution is 5.95.